The van der Waals surface area contributed by atoms with Gasteiger partial charge >= 0.3 is 0 Å². The van der Waals surface area contributed by atoms with Crippen molar-refractivity contribution >= 4 is 22.2 Å². The molecule has 0 spiro atoms. The van der Waals surface area contributed by atoms with E-state index in [1.165, 1.54) is 0 Å². The van der Waals surface area contributed by atoms with Crippen molar-refractivity contribution in [2.75, 3.05) is 0 Å². The highest BCUT2D eigenvalue weighted by atomic mass is 79.9. The predicted molar refractivity (Wildman–Crippen MR) is 47.2 cm³/mol. The largest absolute Gasteiger partial charge is 0.298 e. The number of carbonyl (C=O) groups excluding carboxylic acids is 1. The molecule has 0 saturated carbocycles. The van der Waals surface area contributed by atoms with E-state index < -0.39 is 17.9 Å². The highest BCUT2D eigenvalue weighted by Crippen LogP contribution is 2.28. The van der Waals surface area contributed by atoms with Gasteiger partial charge in [-0.2, -0.15) is 4.39 Å². The second-order valence-electron chi connectivity index (χ2n) is 2.45. The van der Waals surface area contributed by atoms with Gasteiger partial charge in [0.15, 0.2) is 6.29 Å². The molecule has 0 aliphatic carbocycles. The molecule has 0 bridgehead atoms. The summed E-state index contributed by atoms with van der Waals surface area (Å²) in [6.07, 6.45) is -1.85. The Morgan fingerprint density at radius 1 is 1.57 bits per heavy atom. The van der Waals surface area contributed by atoms with Crippen LogP contribution in [0.1, 0.15) is 27.9 Å². The number of alkyl halides is 3. The number of halogens is 4. The molecule has 0 aliphatic rings. The van der Waals surface area contributed by atoms with Crippen LogP contribution < -0.4 is 0 Å². The van der Waals surface area contributed by atoms with E-state index in [9.17, 15) is 18.0 Å². The first kappa shape index (κ1) is 11.2. The first-order valence-corrected chi connectivity index (χ1v) is 4.70. The monoisotopic (exact) mass is 267 g/mol. The van der Waals surface area contributed by atoms with Crippen molar-refractivity contribution < 1.29 is 18.0 Å². The van der Waals surface area contributed by atoms with Crippen LogP contribution in [0.3, 0.4) is 0 Å². The van der Waals surface area contributed by atoms with Gasteiger partial charge in [0.25, 0.3) is 6.43 Å². The van der Waals surface area contributed by atoms with E-state index in [0.29, 0.717) is 0 Å². The van der Waals surface area contributed by atoms with E-state index in [4.69, 9.17) is 0 Å². The summed E-state index contributed by atoms with van der Waals surface area (Å²) in [7, 11) is 0. The quantitative estimate of drug-likeness (QED) is 0.479. The summed E-state index contributed by atoms with van der Waals surface area (Å²) >= 11 is 2.86. The lowest BCUT2D eigenvalue weighted by molar-refractivity contribution is 0.110. The lowest BCUT2D eigenvalue weighted by Crippen LogP contribution is -2.04. The Balaban J connectivity index is 3.43. The van der Waals surface area contributed by atoms with Crippen LogP contribution in [0, 0.1) is 5.95 Å². The summed E-state index contributed by atoms with van der Waals surface area (Å²) in [6, 6.07) is 0. The Morgan fingerprint density at radius 3 is 2.64 bits per heavy atom. The molecule has 2 nitrogen and oxygen atoms in total. The second-order valence-corrected chi connectivity index (χ2v) is 3.01. The Bertz CT molecular complexity index is 357. The molecule has 0 amide bonds. The first-order valence-electron chi connectivity index (χ1n) is 3.58. The molecule has 0 aromatic carbocycles. The molecule has 6 heteroatoms. The third-order valence-corrected chi connectivity index (χ3v) is 2.24. The van der Waals surface area contributed by atoms with Crippen molar-refractivity contribution in [1.29, 1.82) is 0 Å². The molecule has 0 aliphatic heterocycles. The summed E-state index contributed by atoms with van der Waals surface area (Å²) in [5.74, 6) is -0.984. The van der Waals surface area contributed by atoms with Gasteiger partial charge in [-0.25, -0.2) is 13.8 Å². The maximum Gasteiger partial charge on any atom is 0.265 e. The minimum absolute atomic E-state index is 0.104. The highest BCUT2D eigenvalue weighted by Gasteiger charge is 2.21. The second kappa shape index (κ2) is 4.54. The Hall–Kier alpha value is -0.910. The zero-order chi connectivity index (χ0) is 10.7. The molecule has 1 aromatic rings. The topological polar surface area (TPSA) is 30.0 Å². The normalized spacial score (nSPS) is 10.6. The van der Waals surface area contributed by atoms with Gasteiger partial charge in [-0.05, 0) is 0 Å². The van der Waals surface area contributed by atoms with Crippen LogP contribution in [0.4, 0.5) is 13.2 Å². The van der Waals surface area contributed by atoms with Crippen LogP contribution in [0.5, 0.6) is 0 Å². The van der Waals surface area contributed by atoms with Gasteiger partial charge in [0, 0.05) is 28.2 Å². The first-order chi connectivity index (χ1) is 6.61. The van der Waals surface area contributed by atoms with E-state index >= 15 is 0 Å². The number of carbonyl (C=O) groups is 1. The van der Waals surface area contributed by atoms with Crippen molar-refractivity contribution in [1.82, 2.24) is 4.98 Å². The van der Waals surface area contributed by atoms with Crippen LogP contribution >= 0.6 is 15.9 Å². The fourth-order valence-corrected chi connectivity index (χ4v) is 1.57. The van der Waals surface area contributed by atoms with Crippen molar-refractivity contribution in [2.24, 2.45) is 0 Å². The maximum atomic E-state index is 12.9. The van der Waals surface area contributed by atoms with Gasteiger partial charge in [0.1, 0.15) is 0 Å². The van der Waals surface area contributed by atoms with E-state index in [-0.39, 0.29) is 22.7 Å². The molecule has 76 valence electrons. The molecule has 0 fully saturated rings. The minimum atomic E-state index is -2.89. The average Bonchev–Trinajstić information content (AvgIpc) is 2.17. The van der Waals surface area contributed by atoms with E-state index in [0.717, 1.165) is 6.20 Å². The molecular weight excluding hydrogens is 263 g/mol. The average molecular weight is 268 g/mol. The summed E-state index contributed by atoms with van der Waals surface area (Å²) in [4.78, 5) is 13.6. The summed E-state index contributed by atoms with van der Waals surface area (Å²) in [5.41, 5.74) is -1.15. The number of rotatable bonds is 3. The minimum Gasteiger partial charge on any atom is -0.298 e. The van der Waals surface area contributed by atoms with Crippen LogP contribution in [-0.2, 0) is 5.33 Å². The molecule has 0 N–H and O–H groups in total. The molecular formula is C8H5BrF3NO. The summed E-state index contributed by atoms with van der Waals surface area (Å²) < 4.78 is 37.9. The number of hydrogen-bond donors (Lipinski definition) is 0. The summed E-state index contributed by atoms with van der Waals surface area (Å²) in [6.45, 7) is 0. The standard InChI is InChI=1S/C8H5BrF3NO/c9-1-5-6(7(10)11)4(3-14)2-13-8(5)12/h2-3,7H,1H2. The zero-order valence-corrected chi connectivity index (χ0v) is 8.39. The van der Waals surface area contributed by atoms with E-state index in [1.807, 2.05) is 0 Å². The third-order valence-electron chi connectivity index (χ3n) is 1.68. The van der Waals surface area contributed by atoms with E-state index in [2.05, 4.69) is 20.9 Å². The summed E-state index contributed by atoms with van der Waals surface area (Å²) in [5, 5.41) is -0.104. The van der Waals surface area contributed by atoms with Gasteiger partial charge in [-0.15, -0.1) is 0 Å². The maximum absolute atomic E-state index is 12.9. The van der Waals surface area contributed by atoms with Crippen molar-refractivity contribution in [2.45, 2.75) is 11.8 Å². The molecule has 0 unspecified atom stereocenters. The highest BCUT2D eigenvalue weighted by molar-refractivity contribution is 9.08. The van der Waals surface area contributed by atoms with Gasteiger partial charge in [0.2, 0.25) is 5.95 Å². The van der Waals surface area contributed by atoms with Gasteiger partial charge in [-0.3, -0.25) is 4.79 Å². The van der Waals surface area contributed by atoms with Gasteiger partial charge in [0.05, 0.1) is 0 Å². The fourth-order valence-electron chi connectivity index (χ4n) is 1.04. The van der Waals surface area contributed by atoms with Crippen LogP contribution in [-0.4, -0.2) is 11.3 Å². The molecule has 1 aromatic heterocycles. The lowest BCUT2D eigenvalue weighted by atomic mass is 10.1. The number of pyridine rings is 1. The third kappa shape index (κ3) is 1.95. The van der Waals surface area contributed by atoms with Crippen molar-refractivity contribution in [3.05, 3.63) is 28.8 Å². The van der Waals surface area contributed by atoms with Crippen LogP contribution in [0.25, 0.3) is 0 Å². The Kier molecular flexibility index (Phi) is 3.62. The fraction of sp³-hybridized carbons (Fsp3) is 0.250. The van der Waals surface area contributed by atoms with Gasteiger partial charge in [-0.1, -0.05) is 15.9 Å². The lowest BCUT2D eigenvalue weighted by Gasteiger charge is -2.08. The van der Waals surface area contributed by atoms with Crippen LogP contribution in [0.2, 0.25) is 0 Å². The molecule has 14 heavy (non-hydrogen) atoms. The molecule has 0 radical (unpaired) electrons. The predicted octanol–water partition coefficient (Wildman–Crippen LogP) is 2.87. The molecule has 0 saturated heterocycles. The molecule has 0 atom stereocenters. The molecule has 1 rings (SSSR count). The van der Waals surface area contributed by atoms with Crippen molar-refractivity contribution in [3.8, 4) is 0 Å². The Morgan fingerprint density at radius 2 is 2.21 bits per heavy atom. The van der Waals surface area contributed by atoms with Crippen LogP contribution in [0.15, 0.2) is 6.20 Å². The zero-order valence-electron chi connectivity index (χ0n) is 6.81. The number of aromatic nitrogens is 1. The molecule has 1 heterocycles. The van der Waals surface area contributed by atoms with Gasteiger partial charge < -0.3 is 0 Å². The smallest absolute Gasteiger partial charge is 0.265 e. The number of hydrogen-bond acceptors (Lipinski definition) is 2. The number of nitrogens with zero attached hydrogens (tertiary/aromatic N) is 1. The van der Waals surface area contributed by atoms with E-state index in [1.54, 1.807) is 0 Å². The van der Waals surface area contributed by atoms with Crippen molar-refractivity contribution in [3.63, 3.8) is 0 Å². The Labute approximate surface area is 86.3 Å². The SMILES string of the molecule is O=Cc1cnc(F)c(CBr)c1C(F)F. The number of aldehydes is 1.